The van der Waals surface area contributed by atoms with Crippen molar-refractivity contribution >= 4 is 19.1 Å². The van der Waals surface area contributed by atoms with Crippen LogP contribution < -0.4 is 10.3 Å². The summed E-state index contributed by atoms with van der Waals surface area (Å²) in [5.41, 5.74) is 7.80. The maximum absolute atomic E-state index is 2.27. The van der Waals surface area contributed by atoms with E-state index in [2.05, 4.69) is 88.8 Å². The third kappa shape index (κ3) is 3.04. The third-order valence-electron chi connectivity index (χ3n) is 3.70. The van der Waals surface area contributed by atoms with Crippen molar-refractivity contribution in [3.8, 4) is 0 Å². The molecule has 20 heavy (non-hydrogen) atoms. The molecule has 0 spiro atoms. The van der Waals surface area contributed by atoms with E-state index in [9.17, 15) is 0 Å². The lowest BCUT2D eigenvalue weighted by Crippen LogP contribution is -2.49. The summed E-state index contributed by atoms with van der Waals surface area (Å²) in [7, 11) is 6.36. The molecule has 0 amide bonds. The molecule has 0 saturated carbocycles. The van der Waals surface area contributed by atoms with Crippen molar-refractivity contribution in [1.82, 2.24) is 4.57 Å². The second kappa shape index (κ2) is 5.70. The zero-order chi connectivity index (χ0) is 14.9. The van der Waals surface area contributed by atoms with Crippen LogP contribution in [0, 0.1) is 20.8 Å². The average Bonchev–Trinajstić information content (AvgIpc) is 2.65. The first-order valence-corrected chi connectivity index (χ1v) is 7.00. The van der Waals surface area contributed by atoms with Gasteiger partial charge in [-0.25, -0.2) is 0 Å². The number of benzene rings is 1. The number of allylic oxidation sites excluding steroid dienone is 1. The van der Waals surface area contributed by atoms with Crippen LogP contribution in [0.3, 0.4) is 0 Å². The van der Waals surface area contributed by atoms with Gasteiger partial charge in [0.05, 0.1) is 14.1 Å². The Morgan fingerprint density at radius 2 is 1.80 bits per heavy atom. The molecule has 1 heterocycles. The highest BCUT2D eigenvalue weighted by Crippen LogP contribution is 2.19. The molecule has 0 atom stereocenters. The first-order chi connectivity index (χ1) is 9.38. The van der Waals surface area contributed by atoms with E-state index in [1.165, 1.54) is 33.5 Å². The van der Waals surface area contributed by atoms with Gasteiger partial charge < -0.3 is 0 Å². The molecule has 0 aliphatic carbocycles. The lowest BCUT2D eigenvalue weighted by molar-refractivity contribution is -0.652. The van der Waals surface area contributed by atoms with Crippen LogP contribution in [0.25, 0.3) is 6.08 Å². The first-order valence-electron chi connectivity index (χ1n) is 7.00. The molecule has 0 unspecified atom stereocenters. The number of hydrogen-bond donors (Lipinski definition) is 0. The largest absolute Gasteiger partial charge is 0.291 e. The Bertz CT molecular complexity index is 623. The fraction of sp³-hybridized carbons (Fsp3) is 0.353. The van der Waals surface area contributed by atoms with E-state index in [0.29, 0.717) is 0 Å². The number of imidazole rings is 1. The lowest BCUT2D eigenvalue weighted by Gasteiger charge is -2.17. The predicted octanol–water partition coefficient (Wildman–Crippen LogP) is 2.17. The van der Waals surface area contributed by atoms with Gasteiger partial charge in [0.25, 0.3) is 0 Å². The van der Waals surface area contributed by atoms with Gasteiger partial charge in [-0.2, -0.15) is 7.28 Å². The second-order valence-electron chi connectivity index (χ2n) is 5.72. The molecular weight excluding hydrogens is 243 g/mol. The number of aromatic nitrogens is 2. The summed E-state index contributed by atoms with van der Waals surface area (Å²) in [6.45, 7) is 8.67. The maximum atomic E-state index is 2.27. The molecule has 2 aromatic rings. The molecule has 2 radical (unpaired) electrons. The highest BCUT2D eigenvalue weighted by atomic mass is 15.1. The Kier molecular flexibility index (Phi) is 4.17. The van der Waals surface area contributed by atoms with Crippen LogP contribution in [0.1, 0.15) is 29.2 Å². The molecule has 2 rings (SSSR count). The van der Waals surface area contributed by atoms with Crippen molar-refractivity contribution in [3.63, 3.8) is 0 Å². The smallest absolute Gasteiger partial charge is 0.125 e. The van der Waals surface area contributed by atoms with Crippen LogP contribution in [-0.2, 0) is 14.1 Å². The Morgan fingerprint density at radius 3 is 2.30 bits per heavy atom. The van der Waals surface area contributed by atoms with E-state index >= 15 is 0 Å². The molecule has 0 aliphatic heterocycles. The normalized spacial score (nSPS) is 12.0. The van der Waals surface area contributed by atoms with Crippen molar-refractivity contribution < 1.29 is 4.57 Å². The minimum atomic E-state index is 1.20. The Morgan fingerprint density at radius 1 is 1.20 bits per heavy atom. The van der Waals surface area contributed by atoms with E-state index in [-0.39, 0.29) is 0 Å². The van der Waals surface area contributed by atoms with Gasteiger partial charge >= 0.3 is 0 Å². The number of nitrogens with zero attached hydrogens (tertiary/aromatic N) is 2. The molecule has 1 aromatic heterocycles. The minimum absolute atomic E-state index is 1.20. The summed E-state index contributed by atoms with van der Waals surface area (Å²) in [4.78, 5) is 0. The molecule has 3 heteroatoms. The summed E-state index contributed by atoms with van der Waals surface area (Å²) in [5, 5.41) is 0. The Balaban J connectivity index is 2.32. The van der Waals surface area contributed by atoms with Crippen LogP contribution in [0.4, 0.5) is 0 Å². The summed E-state index contributed by atoms with van der Waals surface area (Å²) in [6.07, 6.45) is 6.42. The van der Waals surface area contributed by atoms with Crippen molar-refractivity contribution in [2.45, 2.75) is 27.7 Å². The minimum Gasteiger partial charge on any atom is -0.291 e. The SMILES string of the molecule is C/C([B-]c1n(C)cc[n+]1C)=C/c1c(C)cc(C)cc1C. The van der Waals surface area contributed by atoms with Crippen LogP contribution in [0.15, 0.2) is 30.0 Å². The highest BCUT2D eigenvalue weighted by Gasteiger charge is 2.02. The monoisotopic (exact) mass is 266 g/mol. The van der Waals surface area contributed by atoms with E-state index in [0.717, 1.165) is 0 Å². The van der Waals surface area contributed by atoms with Gasteiger partial charge in [0.2, 0.25) is 0 Å². The van der Waals surface area contributed by atoms with Crippen LogP contribution >= 0.6 is 0 Å². The third-order valence-corrected chi connectivity index (χ3v) is 3.70. The summed E-state index contributed by atoms with van der Waals surface area (Å²) >= 11 is 0. The van der Waals surface area contributed by atoms with Crippen molar-refractivity contribution in [2.75, 3.05) is 0 Å². The molecular formula is C17H23BN2. The zero-order valence-corrected chi connectivity index (χ0v) is 13.4. The van der Waals surface area contributed by atoms with Gasteiger partial charge in [-0.1, -0.05) is 30.7 Å². The van der Waals surface area contributed by atoms with Gasteiger partial charge in [-0.3, -0.25) is 14.6 Å². The Hall–Kier alpha value is -1.77. The first kappa shape index (κ1) is 14.6. The fourth-order valence-corrected chi connectivity index (χ4v) is 2.70. The lowest BCUT2D eigenvalue weighted by atomic mass is 9.68. The van der Waals surface area contributed by atoms with Gasteiger partial charge in [0, 0.05) is 5.72 Å². The zero-order valence-electron chi connectivity index (χ0n) is 13.4. The maximum Gasteiger partial charge on any atom is 0.125 e. The molecule has 104 valence electrons. The second-order valence-corrected chi connectivity index (χ2v) is 5.72. The summed E-state index contributed by atoms with van der Waals surface area (Å²) in [5.74, 6) is 0. The summed E-state index contributed by atoms with van der Waals surface area (Å²) < 4.78 is 4.26. The number of rotatable bonds is 3. The van der Waals surface area contributed by atoms with Gasteiger partial charge in [-0.15, -0.1) is 0 Å². The number of aryl methyl sites for hydroxylation is 5. The van der Waals surface area contributed by atoms with E-state index in [1.54, 1.807) is 0 Å². The standard InChI is InChI=1S/C17H23BN2/c1-12-9-13(2)16(14(3)10-12)11-15(4)18-17-19(5)7-8-20(17)6/h7-11H,1-6H3/b15-11-. The van der Waals surface area contributed by atoms with Crippen molar-refractivity contribution in [2.24, 2.45) is 14.1 Å². The van der Waals surface area contributed by atoms with Crippen LogP contribution in [0.2, 0.25) is 0 Å². The molecule has 0 saturated heterocycles. The summed E-state index contributed by atoms with van der Waals surface area (Å²) in [6, 6.07) is 4.49. The van der Waals surface area contributed by atoms with Gasteiger partial charge in [0.15, 0.2) is 0 Å². The van der Waals surface area contributed by atoms with E-state index < -0.39 is 0 Å². The van der Waals surface area contributed by atoms with Crippen molar-refractivity contribution in [1.29, 1.82) is 0 Å². The van der Waals surface area contributed by atoms with Crippen LogP contribution in [-0.4, -0.2) is 11.8 Å². The van der Waals surface area contributed by atoms with E-state index in [4.69, 9.17) is 0 Å². The quantitative estimate of drug-likeness (QED) is 0.594. The molecule has 0 aliphatic rings. The molecule has 0 fully saturated rings. The molecule has 0 N–H and O–H groups in total. The van der Waals surface area contributed by atoms with E-state index in [1.807, 2.05) is 0 Å². The van der Waals surface area contributed by atoms with Crippen molar-refractivity contribution in [3.05, 3.63) is 52.3 Å². The molecule has 1 aromatic carbocycles. The fourth-order valence-electron chi connectivity index (χ4n) is 2.70. The van der Waals surface area contributed by atoms with Gasteiger partial charge in [-0.05, 0) is 37.5 Å². The number of hydrogen-bond acceptors (Lipinski definition) is 0. The predicted molar refractivity (Wildman–Crippen MR) is 86.3 cm³/mol. The van der Waals surface area contributed by atoms with Gasteiger partial charge in [0.1, 0.15) is 12.4 Å². The Labute approximate surface area is 123 Å². The van der Waals surface area contributed by atoms with Crippen LogP contribution in [0.5, 0.6) is 0 Å². The molecule has 2 nitrogen and oxygen atoms in total. The average molecular weight is 266 g/mol. The molecule has 0 bridgehead atoms. The highest BCUT2D eigenvalue weighted by molar-refractivity contribution is 6.59. The topological polar surface area (TPSA) is 8.81 Å².